The fraction of sp³-hybridized carbons (Fsp3) is 0.391. The number of hydrogen-bond acceptors (Lipinski definition) is 4. The Hall–Kier alpha value is -2.86. The largest absolute Gasteiger partial charge is 0.497 e. The molecule has 5 rings (SSSR count). The van der Waals surface area contributed by atoms with Gasteiger partial charge in [-0.1, -0.05) is 12.1 Å². The van der Waals surface area contributed by atoms with Crippen LogP contribution in [-0.4, -0.2) is 46.9 Å². The molecule has 0 unspecified atom stereocenters. The Morgan fingerprint density at radius 3 is 2.72 bits per heavy atom. The average Bonchev–Trinajstić information content (AvgIpc) is 3.39. The summed E-state index contributed by atoms with van der Waals surface area (Å²) in [4.78, 5) is 20.5. The number of likely N-dealkylation sites (tertiary alicyclic amines) is 1. The number of carbonyl (C=O) groups is 1. The van der Waals surface area contributed by atoms with Crippen molar-refractivity contribution in [2.75, 3.05) is 26.7 Å². The van der Waals surface area contributed by atoms with Gasteiger partial charge in [0.2, 0.25) is 0 Å². The van der Waals surface area contributed by atoms with Crippen LogP contribution < -0.4 is 10.1 Å². The first-order valence-corrected chi connectivity index (χ1v) is 10.2. The van der Waals surface area contributed by atoms with Gasteiger partial charge in [-0.15, -0.1) is 0 Å². The number of carbonyl (C=O) groups excluding carboxylic acids is 1. The first kappa shape index (κ1) is 18.2. The third-order valence-corrected chi connectivity index (χ3v) is 6.44. The van der Waals surface area contributed by atoms with Crippen LogP contribution in [0.15, 0.2) is 42.6 Å². The van der Waals surface area contributed by atoms with Gasteiger partial charge in [-0.2, -0.15) is 0 Å². The molecular formula is C23H26N4O2. The lowest BCUT2D eigenvalue weighted by Gasteiger charge is -2.28. The summed E-state index contributed by atoms with van der Waals surface area (Å²) >= 11 is 0. The van der Waals surface area contributed by atoms with E-state index in [1.54, 1.807) is 7.11 Å². The smallest absolute Gasteiger partial charge is 0.273 e. The van der Waals surface area contributed by atoms with Crippen LogP contribution >= 0.6 is 0 Å². The first-order valence-electron chi connectivity index (χ1n) is 10.2. The van der Waals surface area contributed by atoms with E-state index in [1.807, 2.05) is 48.7 Å². The molecular weight excluding hydrogens is 364 g/mol. The van der Waals surface area contributed by atoms with Crippen LogP contribution in [0.4, 0.5) is 0 Å². The number of fused-ring (bicyclic) bond motifs is 2. The van der Waals surface area contributed by atoms with Gasteiger partial charge < -0.3 is 15.0 Å². The number of benzene rings is 1. The van der Waals surface area contributed by atoms with Crippen molar-refractivity contribution in [1.29, 1.82) is 0 Å². The van der Waals surface area contributed by atoms with Gasteiger partial charge >= 0.3 is 0 Å². The molecule has 4 heterocycles. The Morgan fingerprint density at radius 2 is 1.97 bits per heavy atom. The van der Waals surface area contributed by atoms with Gasteiger partial charge in [0.1, 0.15) is 17.1 Å². The number of aromatic nitrogens is 2. The maximum atomic E-state index is 13.8. The van der Waals surface area contributed by atoms with E-state index in [0.717, 1.165) is 47.9 Å². The van der Waals surface area contributed by atoms with Gasteiger partial charge in [0.25, 0.3) is 5.91 Å². The number of nitrogens with one attached hydrogen (secondary N) is 1. The summed E-state index contributed by atoms with van der Waals surface area (Å²) in [5.41, 5.74) is 4.58. The van der Waals surface area contributed by atoms with E-state index in [-0.39, 0.29) is 11.9 Å². The quantitative estimate of drug-likeness (QED) is 0.747. The van der Waals surface area contributed by atoms with Gasteiger partial charge in [-0.05, 0) is 55.2 Å². The van der Waals surface area contributed by atoms with Crippen molar-refractivity contribution in [3.63, 3.8) is 0 Å². The molecule has 1 amide bonds. The van der Waals surface area contributed by atoms with Gasteiger partial charge in [0.05, 0.1) is 18.8 Å². The molecule has 6 heteroatoms. The van der Waals surface area contributed by atoms with Crippen LogP contribution in [0.1, 0.15) is 33.4 Å². The first-order chi connectivity index (χ1) is 14.1. The number of ether oxygens (including phenoxy) is 1. The molecule has 3 atom stereocenters. The second kappa shape index (κ2) is 6.88. The molecule has 1 N–H and O–H groups in total. The zero-order chi connectivity index (χ0) is 20.1. The Labute approximate surface area is 170 Å². The van der Waals surface area contributed by atoms with E-state index in [0.29, 0.717) is 17.5 Å². The molecule has 1 aromatic carbocycles. The van der Waals surface area contributed by atoms with E-state index < -0.39 is 0 Å². The van der Waals surface area contributed by atoms with Gasteiger partial charge in [0, 0.05) is 31.7 Å². The third kappa shape index (κ3) is 2.90. The van der Waals surface area contributed by atoms with Crippen molar-refractivity contribution in [2.45, 2.75) is 19.9 Å². The van der Waals surface area contributed by atoms with Crippen molar-refractivity contribution >= 4 is 11.6 Å². The Balaban J connectivity index is 1.56. The third-order valence-electron chi connectivity index (χ3n) is 6.44. The number of pyridine rings is 1. The molecule has 2 aliphatic heterocycles. The lowest BCUT2D eigenvalue weighted by molar-refractivity contribution is 0.0706. The van der Waals surface area contributed by atoms with E-state index in [4.69, 9.17) is 4.74 Å². The van der Waals surface area contributed by atoms with Crippen molar-refractivity contribution in [3.8, 4) is 5.75 Å². The van der Waals surface area contributed by atoms with Crippen LogP contribution in [0.5, 0.6) is 5.75 Å². The molecule has 2 aromatic heterocycles. The standard InChI is InChI=1S/C23H26N4O2/c1-14-8-9-26-20(10-14)25-15(2)21(26)23(28)27-13-17-11-24-12-19(17)22(27)16-4-6-18(29-3)7-5-16/h4-10,17,19,22,24H,11-13H2,1-3H3/t17-,19-,22-/m0/s1. The van der Waals surface area contributed by atoms with Crippen molar-refractivity contribution in [3.05, 3.63) is 65.1 Å². The minimum atomic E-state index is 0.0591. The molecule has 6 nitrogen and oxygen atoms in total. The highest BCUT2D eigenvalue weighted by Gasteiger charge is 2.47. The van der Waals surface area contributed by atoms with Crippen LogP contribution in [-0.2, 0) is 0 Å². The summed E-state index contributed by atoms with van der Waals surface area (Å²) in [7, 11) is 1.67. The minimum Gasteiger partial charge on any atom is -0.497 e. The number of nitrogens with zero attached hydrogens (tertiary/aromatic N) is 3. The highest BCUT2D eigenvalue weighted by Crippen LogP contribution is 2.43. The SMILES string of the molecule is COc1ccc([C@H]2[C@H]3CNC[C@H]3CN2C(=O)c2c(C)nc3cc(C)ccn23)cc1. The van der Waals surface area contributed by atoms with Crippen LogP contribution in [0.3, 0.4) is 0 Å². The molecule has 0 spiro atoms. The zero-order valence-electron chi connectivity index (χ0n) is 17.1. The van der Waals surface area contributed by atoms with E-state index >= 15 is 0 Å². The normalized spacial score (nSPS) is 23.6. The molecule has 29 heavy (non-hydrogen) atoms. The maximum absolute atomic E-state index is 13.8. The van der Waals surface area contributed by atoms with Crippen molar-refractivity contribution < 1.29 is 9.53 Å². The van der Waals surface area contributed by atoms with Gasteiger partial charge in [-0.25, -0.2) is 4.98 Å². The monoisotopic (exact) mass is 390 g/mol. The number of amides is 1. The lowest BCUT2D eigenvalue weighted by Crippen LogP contribution is -2.35. The molecule has 0 bridgehead atoms. The van der Waals surface area contributed by atoms with Gasteiger partial charge in [0.15, 0.2) is 0 Å². The second-order valence-corrected chi connectivity index (χ2v) is 8.24. The topological polar surface area (TPSA) is 58.9 Å². The van der Waals surface area contributed by atoms with E-state index in [9.17, 15) is 4.79 Å². The maximum Gasteiger partial charge on any atom is 0.273 e. The molecule has 2 aliphatic rings. The number of methoxy groups -OCH3 is 1. The van der Waals surface area contributed by atoms with Gasteiger partial charge in [-0.3, -0.25) is 9.20 Å². The van der Waals surface area contributed by atoms with E-state index in [2.05, 4.69) is 27.3 Å². The Bertz CT molecular complexity index is 1070. The fourth-order valence-corrected chi connectivity index (χ4v) is 5.02. The highest BCUT2D eigenvalue weighted by atomic mass is 16.5. The molecule has 150 valence electrons. The molecule has 0 saturated carbocycles. The Kier molecular flexibility index (Phi) is 4.32. The van der Waals surface area contributed by atoms with Crippen LogP contribution in [0.2, 0.25) is 0 Å². The Morgan fingerprint density at radius 1 is 1.17 bits per heavy atom. The lowest BCUT2D eigenvalue weighted by atomic mass is 9.89. The fourth-order valence-electron chi connectivity index (χ4n) is 5.02. The zero-order valence-corrected chi connectivity index (χ0v) is 17.1. The number of hydrogen-bond donors (Lipinski definition) is 1. The van der Waals surface area contributed by atoms with E-state index in [1.165, 1.54) is 0 Å². The minimum absolute atomic E-state index is 0.0591. The summed E-state index contributed by atoms with van der Waals surface area (Å²) in [6.07, 6.45) is 1.96. The molecule has 2 saturated heterocycles. The summed E-state index contributed by atoms with van der Waals surface area (Å²) < 4.78 is 7.25. The van der Waals surface area contributed by atoms with Crippen molar-refractivity contribution in [1.82, 2.24) is 19.6 Å². The summed E-state index contributed by atoms with van der Waals surface area (Å²) in [6, 6.07) is 12.3. The summed E-state index contributed by atoms with van der Waals surface area (Å²) in [6.45, 7) is 6.64. The predicted molar refractivity (Wildman–Crippen MR) is 111 cm³/mol. The van der Waals surface area contributed by atoms with Crippen LogP contribution in [0, 0.1) is 25.7 Å². The predicted octanol–water partition coefficient (Wildman–Crippen LogP) is 2.99. The highest BCUT2D eigenvalue weighted by molar-refractivity contribution is 5.95. The van der Waals surface area contributed by atoms with Crippen LogP contribution in [0.25, 0.3) is 5.65 Å². The second-order valence-electron chi connectivity index (χ2n) is 8.24. The molecule has 2 fully saturated rings. The summed E-state index contributed by atoms with van der Waals surface area (Å²) in [5.74, 6) is 1.80. The average molecular weight is 390 g/mol. The molecule has 0 radical (unpaired) electrons. The molecule has 3 aromatic rings. The molecule has 0 aliphatic carbocycles. The number of rotatable bonds is 3. The number of imidazole rings is 1. The summed E-state index contributed by atoms with van der Waals surface area (Å²) in [5, 5.41) is 3.51. The number of aryl methyl sites for hydroxylation is 2. The van der Waals surface area contributed by atoms with Crippen molar-refractivity contribution in [2.24, 2.45) is 11.8 Å².